The molecule has 1 aromatic heterocycles. The first-order chi connectivity index (χ1) is 17.1. The third-order valence-electron chi connectivity index (χ3n) is 7.83. The summed E-state index contributed by atoms with van der Waals surface area (Å²) in [4.78, 5) is 32.6. The Labute approximate surface area is 204 Å². The SMILES string of the molecule is COc1cccc2c1[C@@H]1CN(CCCCC3[N+](=O)Cc4c(ccc5cnccc45)[N+]3=O)C[C@H]1CO2. The van der Waals surface area contributed by atoms with Crippen LogP contribution >= 0.6 is 0 Å². The van der Waals surface area contributed by atoms with E-state index in [1.807, 2.05) is 36.4 Å². The van der Waals surface area contributed by atoms with Gasteiger partial charge in [0.2, 0.25) is 6.54 Å². The van der Waals surface area contributed by atoms with E-state index in [0.717, 1.165) is 76.4 Å². The van der Waals surface area contributed by atoms with Crippen molar-refractivity contribution in [1.82, 2.24) is 9.88 Å². The second kappa shape index (κ2) is 9.00. The fourth-order valence-electron chi connectivity index (χ4n) is 6.09. The van der Waals surface area contributed by atoms with Crippen molar-refractivity contribution in [2.75, 3.05) is 33.4 Å². The number of hydrogen-bond donors (Lipinski definition) is 0. The lowest BCUT2D eigenvalue weighted by Gasteiger charge is -2.29. The molecule has 2 aromatic carbocycles. The summed E-state index contributed by atoms with van der Waals surface area (Å²) in [7, 11) is 1.72. The van der Waals surface area contributed by atoms with Crippen molar-refractivity contribution in [3.63, 3.8) is 0 Å². The van der Waals surface area contributed by atoms with Crippen molar-refractivity contribution in [3.05, 3.63) is 69.7 Å². The van der Waals surface area contributed by atoms with Crippen LogP contribution in [0.3, 0.4) is 0 Å². The van der Waals surface area contributed by atoms with Crippen molar-refractivity contribution in [2.24, 2.45) is 5.92 Å². The first-order valence-electron chi connectivity index (χ1n) is 12.4. The number of likely N-dealkylation sites (tertiary alicyclic amines) is 1. The van der Waals surface area contributed by atoms with Crippen LogP contribution in [0.15, 0.2) is 48.8 Å². The summed E-state index contributed by atoms with van der Waals surface area (Å²) in [5.41, 5.74) is 2.60. The van der Waals surface area contributed by atoms with Gasteiger partial charge in [-0.15, -0.1) is 0 Å². The lowest BCUT2D eigenvalue weighted by molar-refractivity contribution is -0.784. The number of nitrogens with zero attached hydrogens (tertiary/aromatic N) is 4. The van der Waals surface area contributed by atoms with Gasteiger partial charge in [0.05, 0.1) is 24.9 Å². The van der Waals surface area contributed by atoms with Crippen LogP contribution < -0.4 is 9.47 Å². The standard InChI is InChI=1S/C27H30N4O4/c1-34-24-5-4-6-25-27(24)21-15-29(14-19(21)17-35-25)12-3-2-7-26-30(32)16-22-20-10-11-28-13-18(20)8-9-23(22)31(26)33/h4-6,8-11,13,19,21,26H,2-3,7,12,14-17H2,1H3/q+2/t19-,21+,26?/m0/s1. The molecular weight excluding hydrogens is 444 g/mol. The van der Waals surface area contributed by atoms with Crippen molar-refractivity contribution < 1.29 is 19.0 Å². The average molecular weight is 475 g/mol. The number of hydrogen-bond acceptors (Lipinski definition) is 6. The second-order valence-corrected chi connectivity index (χ2v) is 9.85. The van der Waals surface area contributed by atoms with Gasteiger partial charge in [0, 0.05) is 69.5 Å². The highest BCUT2D eigenvalue weighted by Crippen LogP contribution is 2.46. The molecule has 0 aliphatic carbocycles. The van der Waals surface area contributed by atoms with E-state index in [4.69, 9.17) is 9.47 Å². The lowest BCUT2D eigenvalue weighted by Crippen LogP contribution is -2.37. The highest BCUT2D eigenvalue weighted by atomic mass is 16.5. The molecule has 3 aromatic rings. The smallest absolute Gasteiger partial charge is 0.437 e. The van der Waals surface area contributed by atoms with Gasteiger partial charge in [-0.1, -0.05) is 6.07 Å². The molecule has 0 radical (unpaired) electrons. The van der Waals surface area contributed by atoms with Crippen molar-refractivity contribution >= 4 is 16.5 Å². The van der Waals surface area contributed by atoms with Gasteiger partial charge in [-0.25, -0.2) is 0 Å². The molecule has 8 nitrogen and oxygen atoms in total. The molecule has 1 fully saturated rings. The second-order valence-electron chi connectivity index (χ2n) is 9.85. The Bertz CT molecular complexity index is 1300. The summed E-state index contributed by atoms with van der Waals surface area (Å²) in [6.07, 6.45) is 5.13. The van der Waals surface area contributed by atoms with Crippen LogP contribution in [-0.2, 0) is 6.54 Å². The first-order valence-corrected chi connectivity index (χ1v) is 12.4. The summed E-state index contributed by atoms with van der Waals surface area (Å²) in [6, 6.07) is 11.6. The van der Waals surface area contributed by atoms with Crippen LogP contribution in [0.25, 0.3) is 10.8 Å². The molecule has 1 saturated heterocycles. The van der Waals surface area contributed by atoms with Gasteiger partial charge in [0.1, 0.15) is 21.8 Å². The van der Waals surface area contributed by atoms with E-state index in [2.05, 4.69) is 9.88 Å². The predicted molar refractivity (Wildman–Crippen MR) is 131 cm³/mol. The molecule has 8 heteroatoms. The Morgan fingerprint density at radius 1 is 1.14 bits per heavy atom. The molecule has 0 bridgehead atoms. The number of aromatic nitrogens is 1. The number of ether oxygens (including phenoxy) is 2. The molecule has 3 aliphatic heterocycles. The molecule has 0 N–H and O–H groups in total. The molecule has 35 heavy (non-hydrogen) atoms. The maximum Gasteiger partial charge on any atom is 0.437 e. The zero-order chi connectivity index (χ0) is 23.9. The summed E-state index contributed by atoms with van der Waals surface area (Å²) in [6.45, 7) is 3.92. The fraction of sp³-hybridized carbons (Fsp3) is 0.444. The van der Waals surface area contributed by atoms with E-state index in [1.54, 1.807) is 19.5 Å². The zero-order valence-corrected chi connectivity index (χ0v) is 19.9. The number of methoxy groups -OCH3 is 1. The Morgan fingerprint density at radius 3 is 2.94 bits per heavy atom. The number of nitroso groups, excluding NO2 is 2. The van der Waals surface area contributed by atoms with E-state index in [0.29, 0.717) is 23.9 Å². The van der Waals surface area contributed by atoms with Gasteiger partial charge in [0.15, 0.2) is 0 Å². The number of fused-ring (bicyclic) bond motifs is 6. The van der Waals surface area contributed by atoms with E-state index in [-0.39, 0.29) is 6.54 Å². The van der Waals surface area contributed by atoms with Crippen molar-refractivity contribution in [1.29, 1.82) is 0 Å². The molecule has 0 spiro atoms. The summed E-state index contributed by atoms with van der Waals surface area (Å²) in [5, 5.41) is 1.87. The van der Waals surface area contributed by atoms with Crippen LogP contribution in [0.5, 0.6) is 11.5 Å². The average Bonchev–Trinajstić information content (AvgIpc) is 3.31. The summed E-state index contributed by atoms with van der Waals surface area (Å²) < 4.78 is 13.5. The van der Waals surface area contributed by atoms with E-state index < -0.39 is 6.17 Å². The normalized spacial score (nSPS) is 23.5. The quantitative estimate of drug-likeness (QED) is 0.385. The van der Waals surface area contributed by atoms with Gasteiger partial charge in [-0.2, -0.15) is 0 Å². The van der Waals surface area contributed by atoms with E-state index >= 15 is 0 Å². The number of benzene rings is 2. The van der Waals surface area contributed by atoms with Crippen LogP contribution in [0, 0.1) is 15.7 Å². The van der Waals surface area contributed by atoms with Crippen LogP contribution in [0.2, 0.25) is 0 Å². The van der Waals surface area contributed by atoms with Crippen LogP contribution in [0.1, 0.15) is 36.3 Å². The molecule has 0 saturated carbocycles. The minimum absolute atomic E-state index is 0.233. The Hall–Kier alpha value is -3.39. The van der Waals surface area contributed by atoms with Gasteiger partial charge < -0.3 is 14.4 Å². The zero-order valence-electron chi connectivity index (χ0n) is 19.9. The van der Waals surface area contributed by atoms with Crippen LogP contribution in [-0.4, -0.2) is 58.9 Å². The van der Waals surface area contributed by atoms with Gasteiger partial charge in [-0.3, -0.25) is 4.98 Å². The largest absolute Gasteiger partial charge is 0.496 e. The maximum absolute atomic E-state index is 13.1. The Balaban J connectivity index is 1.07. The Morgan fingerprint density at radius 2 is 2.06 bits per heavy atom. The highest BCUT2D eigenvalue weighted by molar-refractivity contribution is 5.87. The minimum Gasteiger partial charge on any atom is -0.496 e. The molecular formula is C27H30N4O4+2. The Kier molecular flexibility index (Phi) is 5.68. The van der Waals surface area contributed by atoms with Crippen molar-refractivity contribution in [3.8, 4) is 11.5 Å². The highest BCUT2D eigenvalue weighted by Gasteiger charge is 2.48. The first kappa shape index (κ1) is 22.1. The fourth-order valence-corrected chi connectivity index (χ4v) is 6.09. The third kappa shape index (κ3) is 3.86. The van der Waals surface area contributed by atoms with Gasteiger partial charge in [-0.05, 0) is 43.7 Å². The minimum atomic E-state index is -0.674. The molecule has 0 amide bonds. The molecule has 3 atom stereocenters. The molecule has 4 heterocycles. The van der Waals surface area contributed by atoms with E-state index in [1.165, 1.54) is 5.56 Å². The topological polar surface area (TPSA) is 74.8 Å². The monoisotopic (exact) mass is 474 g/mol. The van der Waals surface area contributed by atoms with Crippen molar-refractivity contribution in [2.45, 2.75) is 37.9 Å². The van der Waals surface area contributed by atoms with Gasteiger partial charge >= 0.3 is 6.17 Å². The predicted octanol–water partition coefficient (Wildman–Crippen LogP) is 4.55. The molecule has 3 aliphatic rings. The number of pyridine rings is 1. The molecule has 1 unspecified atom stereocenters. The number of unbranched alkanes of at least 4 members (excludes halogenated alkanes) is 1. The summed E-state index contributed by atoms with van der Waals surface area (Å²) >= 11 is 0. The number of rotatable bonds is 6. The third-order valence-corrected chi connectivity index (χ3v) is 7.83. The van der Waals surface area contributed by atoms with Gasteiger partial charge in [0.25, 0.3) is 5.69 Å². The lowest BCUT2D eigenvalue weighted by atomic mass is 9.86. The van der Waals surface area contributed by atoms with E-state index in [9.17, 15) is 9.81 Å². The van der Waals surface area contributed by atoms with Crippen LogP contribution in [0.4, 0.5) is 5.69 Å². The maximum atomic E-state index is 13.1. The molecule has 180 valence electrons. The molecule has 6 rings (SSSR count). The summed E-state index contributed by atoms with van der Waals surface area (Å²) in [5.74, 6) is 2.74.